The molecule has 0 spiro atoms. The van der Waals surface area contributed by atoms with Crippen LogP contribution in [0.2, 0.25) is 0 Å². The van der Waals surface area contributed by atoms with E-state index < -0.39 is 0 Å². The van der Waals surface area contributed by atoms with Gasteiger partial charge in [0.25, 0.3) is 5.69 Å². The number of anilines is 1. The predicted molar refractivity (Wildman–Crippen MR) is 87.3 cm³/mol. The molecule has 5 heteroatoms. The van der Waals surface area contributed by atoms with Crippen LogP contribution in [-0.4, -0.2) is 11.5 Å². The van der Waals surface area contributed by atoms with Gasteiger partial charge in [-0.2, -0.15) is 0 Å². The third kappa shape index (κ3) is 2.47. The SMILES string of the molecule is O=[N+]([O-])c1ccc([C@H]2Nc3ccccc3[C@H]3OCCC[C@@H]23)cc1. The van der Waals surface area contributed by atoms with Crippen LogP contribution in [-0.2, 0) is 4.74 Å². The van der Waals surface area contributed by atoms with Gasteiger partial charge in [0.1, 0.15) is 0 Å². The van der Waals surface area contributed by atoms with Gasteiger partial charge in [0.15, 0.2) is 0 Å². The van der Waals surface area contributed by atoms with Crippen molar-refractivity contribution in [2.24, 2.45) is 5.92 Å². The molecule has 0 aliphatic carbocycles. The molecule has 0 aromatic heterocycles. The molecule has 23 heavy (non-hydrogen) atoms. The lowest BCUT2D eigenvalue weighted by atomic mass is 9.77. The molecule has 5 nitrogen and oxygen atoms in total. The molecule has 0 bridgehead atoms. The Morgan fingerprint density at radius 1 is 1.13 bits per heavy atom. The number of non-ortho nitro benzene ring substituents is 1. The Kier molecular flexibility index (Phi) is 3.50. The summed E-state index contributed by atoms with van der Waals surface area (Å²) in [6.45, 7) is 0.794. The smallest absolute Gasteiger partial charge is 0.269 e. The van der Waals surface area contributed by atoms with Gasteiger partial charge in [0, 0.05) is 35.9 Å². The Balaban J connectivity index is 1.72. The van der Waals surface area contributed by atoms with Crippen molar-refractivity contribution >= 4 is 11.4 Å². The number of benzene rings is 2. The summed E-state index contributed by atoms with van der Waals surface area (Å²) in [7, 11) is 0. The second-order valence-corrected chi connectivity index (χ2v) is 6.16. The molecule has 118 valence electrons. The number of hydrogen-bond acceptors (Lipinski definition) is 4. The van der Waals surface area contributed by atoms with Gasteiger partial charge in [-0.25, -0.2) is 0 Å². The maximum absolute atomic E-state index is 10.9. The summed E-state index contributed by atoms with van der Waals surface area (Å²) < 4.78 is 6.07. The molecule has 2 aromatic rings. The Morgan fingerprint density at radius 3 is 2.70 bits per heavy atom. The monoisotopic (exact) mass is 310 g/mol. The van der Waals surface area contributed by atoms with Crippen LogP contribution < -0.4 is 5.32 Å². The Hall–Kier alpha value is -2.40. The normalized spacial score (nSPS) is 25.8. The van der Waals surface area contributed by atoms with Crippen LogP contribution in [0.5, 0.6) is 0 Å². The standard InChI is InChI=1S/C18H18N2O3/c21-20(22)13-9-7-12(8-10-13)17-15-5-3-11-23-18(15)14-4-1-2-6-16(14)19-17/h1-2,4,6-10,15,17-19H,3,5,11H2/t15-,17+,18+/m0/s1. The highest BCUT2D eigenvalue weighted by Gasteiger charge is 2.39. The molecule has 2 heterocycles. The van der Waals surface area contributed by atoms with Crippen molar-refractivity contribution in [2.45, 2.75) is 25.0 Å². The topological polar surface area (TPSA) is 64.4 Å². The van der Waals surface area contributed by atoms with Crippen LogP contribution in [0.1, 0.15) is 36.1 Å². The number of nitrogens with one attached hydrogen (secondary N) is 1. The van der Waals surface area contributed by atoms with Crippen molar-refractivity contribution in [3.63, 3.8) is 0 Å². The maximum atomic E-state index is 10.9. The lowest BCUT2D eigenvalue weighted by Gasteiger charge is -2.43. The number of nitro groups is 1. The second-order valence-electron chi connectivity index (χ2n) is 6.16. The predicted octanol–water partition coefficient (Wildman–Crippen LogP) is 4.23. The van der Waals surface area contributed by atoms with E-state index in [-0.39, 0.29) is 22.8 Å². The first-order valence-corrected chi connectivity index (χ1v) is 7.95. The van der Waals surface area contributed by atoms with E-state index in [9.17, 15) is 10.1 Å². The number of nitrogens with zero attached hydrogens (tertiary/aromatic N) is 1. The second kappa shape index (κ2) is 5.66. The van der Waals surface area contributed by atoms with Crippen LogP contribution in [0, 0.1) is 16.0 Å². The van der Waals surface area contributed by atoms with Crippen LogP contribution >= 0.6 is 0 Å². The molecule has 4 rings (SSSR count). The Labute approximate surface area is 134 Å². The Morgan fingerprint density at radius 2 is 1.91 bits per heavy atom. The van der Waals surface area contributed by atoms with Crippen molar-refractivity contribution < 1.29 is 9.66 Å². The molecule has 0 saturated carbocycles. The first-order valence-electron chi connectivity index (χ1n) is 7.95. The fraction of sp³-hybridized carbons (Fsp3) is 0.333. The molecule has 1 fully saturated rings. The van der Waals surface area contributed by atoms with E-state index in [0.717, 1.165) is 30.7 Å². The highest BCUT2D eigenvalue weighted by molar-refractivity contribution is 5.57. The number of fused-ring (bicyclic) bond motifs is 3. The number of ether oxygens (including phenoxy) is 1. The van der Waals surface area contributed by atoms with E-state index in [1.54, 1.807) is 12.1 Å². The Bertz CT molecular complexity index is 729. The van der Waals surface area contributed by atoms with Crippen molar-refractivity contribution in [3.05, 3.63) is 69.8 Å². The summed E-state index contributed by atoms with van der Waals surface area (Å²) >= 11 is 0. The molecule has 2 aliphatic heterocycles. The zero-order valence-corrected chi connectivity index (χ0v) is 12.6. The highest BCUT2D eigenvalue weighted by atomic mass is 16.6. The van der Waals surface area contributed by atoms with E-state index in [4.69, 9.17) is 4.74 Å². The molecule has 2 aromatic carbocycles. The number of hydrogen-bond donors (Lipinski definition) is 1. The lowest BCUT2D eigenvalue weighted by molar-refractivity contribution is -0.384. The summed E-state index contributed by atoms with van der Waals surface area (Å²) in [5.41, 5.74) is 3.52. The molecule has 2 aliphatic rings. The fourth-order valence-corrected chi connectivity index (χ4v) is 3.75. The third-order valence-electron chi connectivity index (χ3n) is 4.84. The van der Waals surface area contributed by atoms with Crippen LogP contribution in [0.25, 0.3) is 0 Å². The van der Waals surface area contributed by atoms with E-state index in [2.05, 4.69) is 17.4 Å². The van der Waals surface area contributed by atoms with Gasteiger partial charge in [-0.15, -0.1) is 0 Å². The number of para-hydroxylation sites is 1. The molecular formula is C18H18N2O3. The number of rotatable bonds is 2. The van der Waals surface area contributed by atoms with Crippen molar-refractivity contribution in [1.29, 1.82) is 0 Å². The quantitative estimate of drug-likeness (QED) is 0.666. The molecule has 1 N–H and O–H groups in total. The minimum absolute atomic E-state index is 0.0985. The van der Waals surface area contributed by atoms with Gasteiger partial charge >= 0.3 is 0 Å². The molecule has 0 amide bonds. The number of nitro benzene ring substituents is 1. The van der Waals surface area contributed by atoms with E-state index in [1.807, 2.05) is 24.3 Å². The van der Waals surface area contributed by atoms with Crippen LogP contribution in [0.4, 0.5) is 11.4 Å². The summed E-state index contributed by atoms with van der Waals surface area (Å²) in [6, 6.07) is 15.2. The summed E-state index contributed by atoms with van der Waals surface area (Å²) in [5.74, 6) is 0.347. The molecule has 1 saturated heterocycles. The largest absolute Gasteiger partial charge is 0.378 e. The molecular weight excluding hydrogens is 292 g/mol. The first kappa shape index (κ1) is 14.2. The maximum Gasteiger partial charge on any atom is 0.269 e. The minimum atomic E-state index is -0.361. The minimum Gasteiger partial charge on any atom is -0.378 e. The molecule has 0 unspecified atom stereocenters. The summed E-state index contributed by atoms with van der Waals surface area (Å²) in [4.78, 5) is 10.5. The van der Waals surface area contributed by atoms with Gasteiger partial charge < -0.3 is 10.1 Å². The van der Waals surface area contributed by atoms with Crippen LogP contribution in [0.3, 0.4) is 0 Å². The average Bonchev–Trinajstić information content (AvgIpc) is 2.61. The summed E-state index contributed by atoms with van der Waals surface area (Å²) in [5, 5.41) is 14.5. The van der Waals surface area contributed by atoms with Gasteiger partial charge in [-0.1, -0.05) is 30.3 Å². The molecule has 3 atom stereocenters. The van der Waals surface area contributed by atoms with E-state index in [0.29, 0.717) is 5.92 Å². The van der Waals surface area contributed by atoms with Crippen molar-refractivity contribution in [2.75, 3.05) is 11.9 Å². The average molecular weight is 310 g/mol. The van der Waals surface area contributed by atoms with Crippen molar-refractivity contribution in [3.8, 4) is 0 Å². The summed E-state index contributed by atoms with van der Waals surface area (Å²) in [6.07, 6.45) is 2.24. The van der Waals surface area contributed by atoms with E-state index >= 15 is 0 Å². The van der Waals surface area contributed by atoms with Gasteiger partial charge in [0.2, 0.25) is 0 Å². The first-order chi connectivity index (χ1) is 11.2. The van der Waals surface area contributed by atoms with Crippen molar-refractivity contribution in [1.82, 2.24) is 0 Å². The zero-order chi connectivity index (χ0) is 15.8. The lowest BCUT2D eigenvalue weighted by Crippen LogP contribution is -2.35. The van der Waals surface area contributed by atoms with Gasteiger partial charge in [-0.3, -0.25) is 10.1 Å². The zero-order valence-electron chi connectivity index (χ0n) is 12.6. The molecule has 0 radical (unpaired) electrons. The third-order valence-corrected chi connectivity index (χ3v) is 4.84. The highest BCUT2D eigenvalue weighted by Crippen LogP contribution is 2.48. The van der Waals surface area contributed by atoms with Crippen LogP contribution in [0.15, 0.2) is 48.5 Å². The van der Waals surface area contributed by atoms with E-state index in [1.165, 1.54) is 5.56 Å². The van der Waals surface area contributed by atoms with Gasteiger partial charge in [-0.05, 0) is 24.5 Å². The van der Waals surface area contributed by atoms with Gasteiger partial charge in [0.05, 0.1) is 17.1 Å². The fourth-order valence-electron chi connectivity index (χ4n) is 3.75.